The van der Waals surface area contributed by atoms with Crippen LogP contribution in [-0.4, -0.2) is 29.9 Å². The van der Waals surface area contributed by atoms with Crippen molar-refractivity contribution in [3.8, 4) is 33.4 Å². The summed E-state index contributed by atoms with van der Waals surface area (Å²) in [6, 6.07) is 29.8. The molecule has 0 bridgehead atoms. The number of nitrogens with two attached hydrogens (primary N) is 3. The normalized spacial score (nSPS) is 9.85. The molecule has 0 atom stereocenters. The number of nitrogen functional groups attached to an aromatic ring is 3. The van der Waals surface area contributed by atoms with Crippen LogP contribution >= 0.6 is 0 Å². The number of benzene rings is 3. The molecule has 6 aromatic rings. The van der Waals surface area contributed by atoms with E-state index >= 15 is 0 Å². The van der Waals surface area contributed by atoms with Crippen LogP contribution in [0.2, 0.25) is 0 Å². The summed E-state index contributed by atoms with van der Waals surface area (Å²) in [7, 11) is 0. The Kier molecular flexibility index (Phi) is 9.17. The lowest BCUT2D eigenvalue weighted by Gasteiger charge is -1.99. The summed E-state index contributed by atoms with van der Waals surface area (Å²) in [5, 5.41) is 0. The molecule has 3 heterocycles. The predicted molar refractivity (Wildman–Crippen MR) is 156 cm³/mol. The molecule has 0 radical (unpaired) electrons. The lowest BCUT2D eigenvalue weighted by molar-refractivity contribution is 1.19. The van der Waals surface area contributed by atoms with Gasteiger partial charge in [0.15, 0.2) is 0 Å². The van der Waals surface area contributed by atoms with E-state index in [2.05, 4.69) is 29.9 Å². The van der Waals surface area contributed by atoms with E-state index in [4.69, 9.17) is 17.2 Å². The van der Waals surface area contributed by atoms with Crippen molar-refractivity contribution < 1.29 is 0 Å². The Morgan fingerprint density at radius 1 is 0.282 bits per heavy atom. The Labute approximate surface area is 226 Å². The zero-order chi connectivity index (χ0) is 27.3. The Morgan fingerprint density at radius 3 is 0.692 bits per heavy atom. The van der Waals surface area contributed by atoms with E-state index in [-0.39, 0.29) is 0 Å². The predicted octanol–water partition coefficient (Wildman–Crippen LogP) is 5.18. The molecule has 0 saturated heterocycles. The van der Waals surface area contributed by atoms with Gasteiger partial charge in [-0.05, 0) is 16.7 Å². The standard InChI is InChI=1S/3C10H9N3/c3*11-10-12-6-9(7-13-10)8-4-2-1-3-5-8/h3*1-7H,(H2,11,12,13). The molecule has 3 aromatic heterocycles. The second kappa shape index (κ2) is 13.6. The van der Waals surface area contributed by atoms with Crippen molar-refractivity contribution >= 4 is 17.8 Å². The maximum atomic E-state index is 5.38. The monoisotopic (exact) mass is 513 g/mol. The van der Waals surface area contributed by atoms with Gasteiger partial charge in [-0.1, -0.05) is 91.0 Å². The van der Waals surface area contributed by atoms with Crippen LogP contribution in [0.5, 0.6) is 0 Å². The van der Waals surface area contributed by atoms with Gasteiger partial charge in [0, 0.05) is 53.9 Å². The summed E-state index contributed by atoms with van der Waals surface area (Å²) in [6.07, 6.45) is 10.3. The molecule has 0 saturated carbocycles. The van der Waals surface area contributed by atoms with Crippen molar-refractivity contribution in [2.24, 2.45) is 0 Å². The molecule has 0 spiro atoms. The molecule has 9 nitrogen and oxygen atoms in total. The van der Waals surface area contributed by atoms with Crippen LogP contribution in [0.3, 0.4) is 0 Å². The number of rotatable bonds is 3. The molecule has 3 aromatic carbocycles. The Balaban J connectivity index is 0.000000136. The van der Waals surface area contributed by atoms with E-state index in [0.29, 0.717) is 17.8 Å². The highest BCUT2D eigenvalue weighted by Crippen LogP contribution is 2.18. The smallest absolute Gasteiger partial charge is 0.219 e. The summed E-state index contributed by atoms with van der Waals surface area (Å²) in [5.74, 6) is 0.916. The lowest BCUT2D eigenvalue weighted by atomic mass is 10.1. The van der Waals surface area contributed by atoms with Crippen molar-refractivity contribution in [2.45, 2.75) is 0 Å². The minimum atomic E-state index is 0.305. The quantitative estimate of drug-likeness (QED) is 0.290. The topological polar surface area (TPSA) is 155 Å². The van der Waals surface area contributed by atoms with Crippen molar-refractivity contribution in [2.75, 3.05) is 17.2 Å². The molecule has 192 valence electrons. The average Bonchev–Trinajstić information content (AvgIpc) is 3.00. The first kappa shape index (κ1) is 26.4. The zero-order valence-electron chi connectivity index (χ0n) is 21.0. The van der Waals surface area contributed by atoms with Gasteiger partial charge in [-0.15, -0.1) is 0 Å². The molecule has 39 heavy (non-hydrogen) atoms. The molecular formula is C30H27N9. The lowest BCUT2D eigenvalue weighted by Crippen LogP contribution is -1.93. The Morgan fingerprint density at radius 2 is 0.487 bits per heavy atom. The molecule has 0 amide bonds. The van der Waals surface area contributed by atoms with Crippen molar-refractivity contribution in [3.05, 3.63) is 128 Å². The molecule has 0 aliphatic heterocycles. The third kappa shape index (κ3) is 8.16. The van der Waals surface area contributed by atoms with E-state index in [1.165, 1.54) is 0 Å². The second-order valence-corrected chi connectivity index (χ2v) is 8.09. The van der Waals surface area contributed by atoms with E-state index in [0.717, 1.165) is 33.4 Å². The minimum Gasteiger partial charge on any atom is -0.368 e. The fourth-order valence-electron chi connectivity index (χ4n) is 3.35. The van der Waals surface area contributed by atoms with Gasteiger partial charge in [0.2, 0.25) is 17.8 Å². The first-order valence-corrected chi connectivity index (χ1v) is 12.0. The number of hydrogen-bond donors (Lipinski definition) is 3. The molecule has 0 fully saturated rings. The summed E-state index contributed by atoms with van der Waals surface area (Å²) in [5.41, 5.74) is 22.4. The van der Waals surface area contributed by atoms with Crippen LogP contribution in [0.25, 0.3) is 33.4 Å². The van der Waals surface area contributed by atoms with Crippen molar-refractivity contribution in [1.82, 2.24) is 29.9 Å². The van der Waals surface area contributed by atoms with Gasteiger partial charge >= 0.3 is 0 Å². The Bertz CT molecular complexity index is 1330. The fourth-order valence-corrected chi connectivity index (χ4v) is 3.35. The van der Waals surface area contributed by atoms with Crippen LogP contribution < -0.4 is 17.2 Å². The van der Waals surface area contributed by atoms with E-state index in [1.54, 1.807) is 37.2 Å². The van der Waals surface area contributed by atoms with Crippen LogP contribution in [0, 0.1) is 0 Å². The van der Waals surface area contributed by atoms with E-state index in [1.807, 2.05) is 91.0 Å². The van der Waals surface area contributed by atoms with Crippen molar-refractivity contribution in [1.29, 1.82) is 0 Å². The van der Waals surface area contributed by atoms with Crippen LogP contribution in [-0.2, 0) is 0 Å². The zero-order valence-corrected chi connectivity index (χ0v) is 21.0. The molecule has 0 unspecified atom stereocenters. The maximum Gasteiger partial charge on any atom is 0.219 e. The Hall–Kier alpha value is -5.70. The van der Waals surface area contributed by atoms with Gasteiger partial charge in [0.1, 0.15) is 0 Å². The highest BCUT2D eigenvalue weighted by molar-refractivity contribution is 5.63. The summed E-state index contributed by atoms with van der Waals surface area (Å²) >= 11 is 0. The van der Waals surface area contributed by atoms with Crippen LogP contribution in [0.15, 0.2) is 128 Å². The summed E-state index contributed by atoms with van der Waals surface area (Å²) < 4.78 is 0. The summed E-state index contributed by atoms with van der Waals surface area (Å²) in [4.78, 5) is 23.5. The average molecular weight is 514 g/mol. The first-order chi connectivity index (χ1) is 19.1. The van der Waals surface area contributed by atoms with Gasteiger partial charge in [0.05, 0.1) is 0 Å². The third-order valence-corrected chi connectivity index (χ3v) is 5.34. The van der Waals surface area contributed by atoms with Crippen molar-refractivity contribution in [3.63, 3.8) is 0 Å². The fraction of sp³-hybridized carbons (Fsp3) is 0. The SMILES string of the molecule is Nc1ncc(-c2ccccc2)cn1.Nc1ncc(-c2ccccc2)cn1.Nc1ncc(-c2ccccc2)cn1. The first-order valence-electron chi connectivity index (χ1n) is 12.0. The van der Waals surface area contributed by atoms with Crippen LogP contribution in [0.4, 0.5) is 17.8 Å². The van der Waals surface area contributed by atoms with Gasteiger partial charge in [-0.2, -0.15) is 0 Å². The summed E-state index contributed by atoms with van der Waals surface area (Å²) in [6.45, 7) is 0. The molecule has 6 rings (SSSR count). The number of nitrogens with zero attached hydrogens (tertiary/aromatic N) is 6. The second-order valence-electron chi connectivity index (χ2n) is 8.09. The molecule has 0 aliphatic carbocycles. The molecule has 6 N–H and O–H groups in total. The van der Waals surface area contributed by atoms with E-state index in [9.17, 15) is 0 Å². The van der Waals surface area contributed by atoms with Gasteiger partial charge in [-0.3, -0.25) is 0 Å². The maximum absolute atomic E-state index is 5.38. The number of hydrogen-bond acceptors (Lipinski definition) is 9. The highest BCUT2D eigenvalue weighted by atomic mass is 15.0. The molecular weight excluding hydrogens is 486 g/mol. The van der Waals surface area contributed by atoms with Gasteiger partial charge in [-0.25, -0.2) is 29.9 Å². The third-order valence-electron chi connectivity index (χ3n) is 5.34. The molecule has 9 heteroatoms. The number of anilines is 3. The molecule has 0 aliphatic rings. The minimum absolute atomic E-state index is 0.305. The largest absolute Gasteiger partial charge is 0.368 e. The van der Waals surface area contributed by atoms with Gasteiger partial charge in [0.25, 0.3) is 0 Å². The van der Waals surface area contributed by atoms with Gasteiger partial charge < -0.3 is 17.2 Å². The number of aromatic nitrogens is 6. The van der Waals surface area contributed by atoms with E-state index < -0.39 is 0 Å². The highest BCUT2D eigenvalue weighted by Gasteiger charge is 1.98. The van der Waals surface area contributed by atoms with Crippen LogP contribution in [0.1, 0.15) is 0 Å².